The molecule has 1 N–H and O–H groups in total. The van der Waals surface area contributed by atoms with Crippen LogP contribution in [0.3, 0.4) is 0 Å². The van der Waals surface area contributed by atoms with Gasteiger partial charge in [0.15, 0.2) is 0 Å². The third-order valence-electron chi connectivity index (χ3n) is 6.20. The molecular formula is C17H29IN3O3-. The summed E-state index contributed by atoms with van der Waals surface area (Å²) in [5.41, 5.74) is 0. The highest BCUT2D eigenvalue weighted by Gasteiger charge is 2.42. The van der Waals surface area contributed by atoms with E-state index in [4.69, 9.17) is 0 Å². The Morgan fingerprint density at radius 3 is 2.75 bits per heavy atom. The van der Waals surface area contributed by atoms with Gasteiger partial charge in [-0.3, -0.25) is 19.8 Å². The number of hydrogen-bond donors (Lipinski definition) is 1. The molecule has 2 saturated heterocycles. The summed E-state index contributed by atoms with van der Waals surface area (Å²) in [6.07, 6.45) is 4.94. The van der Waals surface area contributed by atoms with Crippen molar-refractivity contribution in [3.63, 3.8) is 0 Å². The van der Waals surface area contributed by atoms with Crippen LogP contribution in [0.15, 0.2) is 0 Å². The molecule has 3 aliphatic rings. The first-order chi connectivity index (χ1) is 11.4. The van der Waals surface area contributed by atoms with E-state index in [2.05, 4.69) is 46.2 Å². The van der Waals surface area contributed by atoms with Gasteiger partial charge in [0.05, 0.1) is 12.7 Å². The van der Waals surface area contributed by atoms with Gasteiger partial charge in [0.25, 0.3) is 0 Å². The van der Waals surface area contributed by atoms with E-state index in [9.17, 15) is 15.2 Å². The number of hydroxylamine groups is 2. The summed E-state index contributed by atoms with van der Waals surface area (Å²) in [7, 11) is 0. The molecule has 7 heteroatoms. The molecule has 1 aliphatic carbocycles. The second kappa shape index (κ2) is 7.84. The fourth-order valence-electron chi connectivity index (χ4n) is 4.66. The molecular weight excluding hydrogens is 421 g/mol. The Morgan fingerprint density at radius 2 is 2.04 bits per heavy atom. The minimum atomic E-state index is -0.449. The van der Waals surface area contributed by atoms with Gasteiger partial charge in [0.1, 0.15) is 5.78 Å². The Morgan fingerprint density at radius 1 is 1.29 bits per heavy atom. The SMILES string of the molecule is CC1CCN2CC(C)N(CC(=O)C3CCC(I)C(N([O-])O)C3)C2C1. The number of nitrogens with zero attached hydrogens (tertiary/aromatic N) is 3. The van der Waals surface area contributed by atoms with Crippen LogP contribution >= 0.6 is 22.6 Å². The van der Waals surface area contributed by atoms with Crippen molar-refractivity contribution in [2.24, 2.45) is 11.8 Å². The molecule has 0 aromatic carbocycles. The van der Waals surface area contributed by atoms with E-state index in [0.29, 0.717) is 25.2 Å². The summed E-state index contributed by atoms with van der Waals surface area (Å²) in [6.45, 7) is 7.20. The van der Waals surface area contributed by atoms with Crippen LogP contribution in [-0.4, -0.2) is 67.8 Å². The number of Topliss-reactive ketones (excluding diaryl/α,β-unsaturated/α-hetero) is 1. The lowest BCUT2D eigenvalue weighted by Gasteiger charge is -2.41. The molecule has 3 fully saturated rings. The molecule has 24 heavy (non-hydrogen) atoms. The molecule has 0 radical (unpaired) electrons. The molecule has 1 saturated carbocycles. The molecule has 2 heterocycles. The number of carbonyl (C=O) groups excluding carboxylic acids is 1. The predicted octanol–water partition coefficient (Wildman–Crippen LogP) is 2.48. The van der Waals surface area contributed by atoms with Crippen LogP contribution in [-0.2, 0) is 4.79 Å². The summed E-state index contributed by atoms with van der Waals surface area (Å²) in [5, 5.41) is 20.7. The van der Waals surface area contributed by atoms with Crippen molar-refractivity contribution in [3.8, 4) is 0 Å². The summed E-state index contributed by atoms with van der Waals surface area (Å²) >= 11 is 2.22. The van der Waals surface area contributed by atoms with E-state index in [1.54, 1.807) is 0 Å². The third kappa shape index (κ3) is 3.96. The summed E-state index contributed by atoms with van der Waals surface area (Å²) < 4.78 is 0.120. The molecule has 0 aromatic heterocycles. The molecule has 0 aromatic rings. The predicted molar refractivity (Wildman–Crippen MR) is 101 cm³/mol. The van der Waals surface area contributed by atoms with Gasteiger partial charge in [-0.15, -0.1) is 0 Å². The van der Waals surface area contributed by atoms with E-state index in [1.165, 1.54) is 6.42 Å². The van der Waals surface area contributed by atoms with Crippen LogP contribution < -0.4 is 0 Å². The number of fused-ring (bicyclic) bond motifs is 1. The minimum absolute atomic E-state index is 0.0690. The van der Waals surface area contributed by atoms with Crippen LogP contribution in [0.1, 0.15) is 46.0 Å². The van der Waals surface area contributed by atoms with Gasteiger partial charge in [-0.25, -0.2) is 0 Å². The summed E-state index contributed by atoms with van der Waals surface area (Å²) in [4.78, 5) is 17.8. The normalized spacial score (nSPS) is 41.6. The lowest BCUT2D eigenvalue weighted by Crippen LogP contribution is -2.49. The number of piperidine rings is 1. The van der Waals surface area contributed by atoms with Gasteiger partial charge in [0, 0.05) is 28.5 Å². The maximum absolute atomic E-state index is 12.9. The molecule has 6 atom stereocenters. The van der Waals surface area contributed by atoms with Crippen LogP contribution in [0, 0.1) is 17.0 Å². The van der Waals surface area contributed by atoms with Gasteiger partial charge >= 0.3 is 0 Å². The standard InChI is InChI=1S/C17H29IN3O3/c1-11-5-6-19-9-12(2)20(17(19)7-11)10-16(22)13-3-4-14(18)15(8-13)21(23)24/h11-15,17,23H,3-10H2,1-2H3/q-1. The zero-order valence-electron chi connectivity index (χ0n) is 14.6. The molecule has 138 valence electrons. The van der Waals surface area contributed by atoms with Crippen LogP contribution in [0.25, 0.3) is 0 Å². The first-order valence-corrected chi connectivity index (χ1v) is 10.4. The third-order valence-corrected chi connectivity index (χ3v) is 7.66. The number of carbonyl (C=O) groups is 1. The zero-order valence-corrected chi connectivity index (χ0v) is 16.8. The van der Waals surface area contributed by atoms with Crippen molar-refractivity contribution >= 4 is 28.4 Å². The number of ketones is 1. The molecule has 6 nitrogen and oxygen atoms in total. The fourth-order valence-corrected chi connectivity index (χ4v) is 5.59. The topological polar surface area (TPSA) is 70.1 Å². The maximum Gasteiger partial charge on any atom is 0.150 e. The Labute approximate surface area is 158 Å². The van der Waals surface area contributed by atoms with E-state index >= 15 is 0 Å². The van der Waals surface area contributed by atoms with Crippen molar-refractivity contribution < 1.29 is 10.0 Å². The molecule has 0 bridgehead atoms. The van der Waals surface area contributed by atoms with Crippen molar-refractivity contribution in [1.82, 2.24) is 15.0 Å². The van der Waals surface area contributed by atoms with Gasteiger partial charge in [0.2, 0.25) is 0 Å². The lowest BCUT2D eigenvalue weighted by atomic mass is 9.83. The smallest absolute Gasteiger partial charge is 0.150 e. The minimum Gasteiger partial charge on any atom is -0.762 e. The molecule has 6 unspecified atom stereocenters. The average Bonchev–Trinajstić information content (AvgIpc) is 2.83. The number of rotatable bonds is 4. The Balaban J connectivity index is 1.61. The second-order valence-electron chi connectivity index (χ2n) is 7.99. The Kier molecular flexibility index (Phi) is 6.20. The van der Waals surface area contributed by atoms with Crippen molar-refractivity contribution in [1.29, 1.82) is 0 Å². The average molecular weight is 450 g/mol. The number of hydrogen-bond acceptors (Lipinski definition) is 6. The monoisotopic (exact) mass is 450 g/mol. The highest BCUT2D eigenvalue weighted by molar-refractivity contribution is 14.1. The Bertz CT molecular complexity index is 464. The van der Waals surface area contributed by atoms with Crippen LogP contribution in [0.4, 0.5) is 0 Å². The summed E-state index contributed by atoms with van der Waals surface area (Å²) in [6, 6.07) is -0.0367. The molecule has 0 spiro atoms. The van der Waals surface area contributed by atoms with Crippen LogP contribution in [0.2, 0.25) is 0 Å². The second-order valence-corrected chi connectivity index (χ2v) is 9.59. The van der Waals surface area contributed by atoms with Crippen molar-refractivity contribution in [3.05, 3.63) is 5.21 Å². The first-order valence-electron chi connectivity index (χ1n) is 9.18. The molecule has 3 rings (SSSR count). The zero-order chi connectivity index (χ0) is 17.4. The first kappa shape index (κ1) is 19.0. The highest BCUT2D eigenvalue weighted by atomic mass is 127. The molecule has 0 amide bonds. The van der Waals surface area contributed by atoms with Crippen molar-refractivity contribution in [2.45, 2.75) is 68.1 Å². The quantitative estimate of drug-likeness (QED) is 0.403. The summed E-state index contributed by atoms with van der Waals surface area (Å²) in [5.74, 6) is 0.875. The van der Waals surface area contributed by atoms with Crippen molar-refractivity contribution in [2.75, 3.05) is 19.6 Å². The number of halogens is 1. The number of alkyl halides is 1. The Hall–Kier alpha value is 0.200. The fraction of sp³-hybridized carbons (Fsp3) is 0.941. The highest BCUT2D eigenvalue weighted by Crippen LogP contribution is 2.35. The van der Waals surface area contributed by atoms with Gasteiger partial charge in [-0.1, -0.05) is 29.5 Å². The molecule has 2 aliphatic heterocycles. The largest absolute Gasteiger partial charge is 0.762 e. The van der Waals surface area contributed by atoms with Gasteiger partial charge < -0.3 is 10.4 Å². The maximum atomic E-state index is 12.9. The van der Waals surface area contributed by atoms with Gasteiger partial charge in [-0.2, -0.15) is 0 Å². The van der Waals surface area contributed by atoms with E-state index in [0.717, 1.165) is 38.3 Å². The van der Waals surface area contributed by atoms with E-state index < -0.39 is 6.04 Å². The van der Waals surface area contributed by atoms with Crippen LogP contribution in [0.5, 0.6) is 0 Å². The van der Waals surface area contributed by atoms with E-state index in [-0.39, 0.29) is 20.9 Å². The van der Waals surface area contributed by atoms with Gasteiger partial charge in [-0.05, 0) is 51.5 Å². The van der Waals surface area contributed by atoms with E-state index in [1.807, 2.05) is 0 Å². The lowest BCUT2D eigenvalue weighted by molar-refractivity contribution is -0.130.